The third-order valence-corrected chi connectivity index (χ3v) is 9.45. The van der Waals surface area contributed by atoms with Crippen LogP contribution < -0.4 is 5.32 Å². The molecule has 2 N–H and O–H groups in total. The van der Waals surface area contributed by atoms with Crippen LogP contribution in [-0.4, -0.2) is 28.2 Å². The maximum atomic E-state index is 13.9. The van der Waals surface area contributed by atoms with E-state index in [1.165, 1.54) is 18.2 Å². The highest BCUT2D eigenvalue weighted by Crippen LogP contribution is 2.52. The molecule has 0 spiro atoms. The number of anilines is 1. The molecule has 10 heteroatoms. The first kappa shape index (κ1) is 29.3. The Hall–Kier alpha value is -4.44. The van der Waals surface area contributed by atoms with Crippen LogP contribution in [0.3, 0.4) is 0 Å². The van der Waals surface area contributed by atoms with Crippen LogP contribution in [0.4, 0.5) is 18.9 Å². The van der Waals surface area contributed by atoms with E-state index in [4.69, 9.17) is 9.26 Å². The summed E-state index contributed by atoms with van der Waals surface area (Å²) in [6, 6.07) is 19.3. The first-order chi connectivity index (χ1) is 21.7. The highest BCUT2D eigenvalue weighted by Gasteiger charge is 2.52. The molecule has 1 heterocycles. The van der Waals surface area contributed by atoms with E-state index in [1.807, 2.05) is 30.3 Å². The van der Waals surface area contributed by atoms with E-state index in [0.717, 1.165) is 37.3 Å². The summed E-state index contributed by atoms with van der Waals surface area (Å²) in [5, 5.41) is 16.8. The molecule has 3 saturated carbocycles. The highest BCUT2D eigenvalue weighted by molar-refractivity contribution is 5.99. The molecule has 0 radical (unpaired) electrons. The van der Waals surface area contributed by atoms with Crippen molar-refractivity contribution in [2.75, 3.05) is 5.32 Å². The van der Waals surface area contributed by atoms with Gasteiger partial charge in [-0.1, -0.05) is 53.7 Å². The summed E-state index contributed by atoms with van der Waals surface area (Å²) in [6.45, 7) is 0.0518. The molecule has 1 amide bonds. The summed E-state index contributed by atoms with van der Waals surface area (Å²) in [4.78, 5) is 25.5. The van der Waals surface area contributed by atoms with E-state index in [-0.39, 0.29) is 59.1 Å². The van der Waals surface area contributed by atoms with Gasteiger partial charge in [-0.05, 0) is 79.3 Å². The second-order valence-electron chi connectivity index (χ2n) is 12.2. The number of nitrogens with zero attached hydrogens (tertiary/aromatic N) is 1. The van der Waals surface area contributed by atoms with Crippen molar-refractivity contribution in [1.82, 2.24) is 5.16 Å². The fourth-order valence-corrected chi connectivity index (χ4v) is 7.23. The van der Waals surface area contributed by atoms with Crippen LogP contribution in [0.15, 0.2) is 77.3 Å². The highest BCUT2D eigenvalue weighted by atomic mass is 19.4. The minimum atomic E-state index is -4.55. The number of carboxylic acid groups (broad SMARTS) is 1. The van der Waals surface area contributed by atoms with Gasteiger partial charge in [-0.25, -0.2) is 4.79 Å². The molecular formula is C35H31F3N2O5. The molecule has 0 aliphatic heterocycles. The molecule has 4 unspecified atom stereocenters. The number of amides is 1. The van der Waals surface area contributed by atoms with Crippen LogP contribution >= 0.6 is 0 Å². The lowest BCUT2D eigenvalue weighted by Gasteiger charge is -2.23. The summed E-state index contributed by atoms with van der Waals surface area (Å²) in [6.07, 6.45) is -0.634. The number of fused-ring (bicyclic) bond motifs is 2. The molecule has 4 atom stereocenters. The van der Waals surface area contributed by atoms with Crippen molar-refractivity contribution in [1.29, 1.82) is 0 Å². The standard InChI is InChI=1S/C35H31F3N2O5/c36-35(37,38)28-9-5-4-8-24(28)31-27(32(45-40-31)20-10-11-20)18-44-29-16-21-12-14-25(29)30(21)33(41)39-22-13-15-23(34(42)43)26(17-22)19-6-2-1-3-7-19/h1-9,13,15,17,20-21,25,29-30H,10-12,14,16,18H2,(H,39,41)(H,42,43). The molecule has 7 rings (SSSR count). The maximum Gasteiger partial charge on any atom is 0.417 e. The molecule has 0 saturated heterocycles. The Morgan fingerprint density at radius 2 is 1.71 bits per heavy atom. The number of ether oxygens (including phenoxy) is 1. The fourth-order valence-electron chi connectivity index (χ4n) is 7.23. The third-order valence-electron chi connectivity index (χ3n) is 9.45. The lowest BCUT2D eigenvalue weighted by atomic mass is 9.95. The molecule has 4 aromatic rings. The number of hydrogen-bond acceptors (Lipinski definition) is 5. The average Bonchev–Trinajstić information content (AvgIpc) is 3.51. The van der Waals surface area contributed by atoms with Gasteiger partial charge in [-0.2, -0.15) is 13.2 Å². The zero-order valence-corrected chi connectivity index (χ0v) is 24.2. The minimum absolute atomic E-state index is 0.0340. The van der Waals surface area contributed by atoms with E-state index >= 15 is 0 Å². The van der Waals surface area contributed by atoms with E-state index in [1.54, 1.807) is 18.2 Å². The first-order valence-electron chi connectivity index (χ1n) is 15.2. The molecule has 3 aromatic carbocycles. The second-order valence-corrected chi connectivity index (χ2v) is 12.2. The molecule has 7 nitrogen and oxygen atoms in total. The van der Waals surface area contributed by atoms with Gasteiger partial charge in [0.15, 0.2) is 0 Å². The normalized spacial score (nSPS) is 22.5. The number of benzene rings is 3. The van der Waals surface area contributed by atoms with Crippen LogP contribution in [0.1, 0.15) is 65.3 Å². The van der Waals surface area contributed by atoms with Gasteiger partial charge < -0.3 is 19.7 Å². The van der Waals surface area contributed by atoms with Crippen molar-refractivity contribution in [2.24, 2.45) is 17.8 Å². The Kier molecular flexibility index (Phi) is 7.47. The molecule has 3 aliphatic carbocycles. The molecular weight excluding hydrogens is 585 g/mol. The predicted molar refractivity (Wildman–Crippen MR) is 159 cm³/mol. The van der Waals surface area contributed by atoms with Crippen molar-refractivity contribution in [2.45, 2.75) is 56.9 Å². The number of carbonyl (C=O) groups excluding carboxylic acids is 1. The van der Waals surface area contributed by atoms with Gasteiger partial charge in [-0.3, -0.25) is 4.79 Å². The zero-order valence-electron chi connectivity index (χ0n) is 24.2. The number of aromatic nitrogens is 1. The number of rotatable bonds is 9. The molecule has 3 aliphatic rings. The first-order valence-corrected chi connectivity index (χ1v) is 15.2. The Bertz CT molecular complexity index is 1750. The number of carbonyl (C=O) groups is 2. The number of carboxylic acids is 1. The molecule has 45 heavy (non-hydrogen) atoms. The monoisotopic (exact) mass is 616 g/mol. The molecule has 1 aromatic heterocycles. The SMILES string of the molecule is O=C(O)c1ccc(NC(=O)C2C3CCC2C(OCc2c(-c4ccccc4C(F)(F)F)noc2C2CC2)C3)cc1-c1ccccc1. The Labute approximate surface area is 257 Å². The number of aromatic carboxylic acids is 1. The smallest absolute Gasteiger partial charge is 0.417 e. The number of hydrogen-bond donors (Lipinski definition) is 2. The molecule has 3 fully saturated rings. The van der Waals surface area contributed by atoms with Gasteiger partial charge in [0.1, 0.15) is 11.5 Å². The molecule has 2 bridgehead atoms. The van der Waals surface area contributed by atoms with E-state index in [9.17, 15) is 27.9 Å². The van der Waals surface area contributed by atoms with Gasteiger partial charge in [-0.15, -0.1) is 0 Å². The summed E-state index contributed by atoms with van der Waals surface area (Å²) in [7, 11) is 0. The largest absolute Gasteiger partial charge is 0.478 e. The van der Waals surface area contributed by atoms with Crippen LogP contribution in [-0.2, 0) is 22.3 Å². The second kappa shape index (κ2) is 11.5. The van der Waals surface area contributed by atoms with Crippen LogP contribution in [0, 0.1) is 17.8 Å². The minimum Gasteiger partial charge on any atom is -0.478 e. The van der Waals surface area contributed by atoms with Crippen LogP contribution in [0.5, 0.6) is 0 Å². The fraction of sp³-hybridized carbons (Fsp3) is 0.343. The van der Waals surface area contributed by atoms with E-state index in [0.29, 0.717) is 29.0 Å². The predicted octanol–water partition coefficient (Wildman–Crippen LogP) is 8.17. The number of alkyl halides is 3. The van der Waals surface area contributed by atoms with Gasteiger partial charge in [0.2, 0.25) is 5.91 Å². The number of halogens is 3. The summed E-state index contributed by atoms with van der Waals surface area (Å²) >= 11 is 0. The summed E-state index contributed by atoms with van der Waals surface area (Å²) < 4.78 is 53.6. The van der Waals surface area contributed by atoms with Gasteiger partial charge in [0, 0.05) is 28.7 Å². The van der Waals surface area contributed by atoms with Gasteiger partial charge >= 0.3 is 12.1 Å². The van der Waals surface area contributed by atoms with Crippen LogP contribution in [0.2, 0.25) is 0 Å². The number of nitrogens with one attached hydrogen (secondary N) is 1. The topological polar surface area (TPSA) is 102 Å². The molecule has 232 valence electrons. The van der Waals surface area contributed by atoms with E-state index in [2.05, 4.69) is 10.5 Å². The summed E-state index contributed by atoms with van der Waals surface area (Å²) in [5.41, 5.74) is 1.80. The lowest BCUT2D eigenvalue weighted by Crippen LogP contribution is -2.29. The Morgan fingerprint density at radius 1 is 0.956 bits per heavy atom. The average molecular weight is 617 g/mol. The Balaban J connectivity index is 1.09. The lowest BCUT2D eigenvalue weighted by molar-refractivity contribution is -0.137. The van der Waals surface area contributed by atoms with Gasteiger partial charge in [0.05, 0.1) is 23.8 Å². The van der Waals surface area contributed by atoms with Crippen molar-refractivity contribution < 1.29 is 37.1 Å². The van der Waals surface area contributed by atoms with Crippen molar-refractivity contribution in [3.8, 4) is 22.4 Å². The maximum absolute atomic E-state index is 13.9. The van der Waals surface area contributed by atoms with Crippen molar-refractivity contribution >= 4 is 17.6 Å². The van der Waals surface area contributed by atoms with Crippen molar-refractivity contribution in [3.63, 3.8) is 0 Å². The van der Waals surface area contributed by atoms with Crippen molar-refractivity contribution in [3.05, 3.63) is 95.2 Å². The Morgan fingerprint density at radius 3 is 2.44 bits per heavy atom. The zero-order chi connectivity index (χ0) is 31.3. The van der Waals surface area contributed by atoms with Gasteiger partial charge in [0.25, 0.3) is 0 Å². The third kappa shape index (κ3) is 5.63. The van der Waals surface area contributed by atoms with E-state index < -0.39 is 17.7 Å². The summed E-state index contributed by atoms with van der Waals surface area (Å²) in [5.74, 6) is -0.708. The quantitative estimate of drug-likeness (QED) is 0.197. The van der Waals surface area contributed by atoms with Crippen LogP contribution in [0.25, 0.3) is 22.4 Å².